The Kier molecular flexibility index (Phi) is 2.94. The summed E-state index contributed by atoms with van der Waals surface area (Å²) in [4.78, 5) is 0.0731. The van der Waals surface area contributed by atoms with Crippen LogP contribution in [0.15, 0.2) is 18.2 Å². The highest BCUT2D eigenvalue weighted by molar-refractivity contribution is 7.19. The molecule has 0 spiro atoms. The lowest BCUT2D eigenvalue weighted by Crippen LogP contribution is -2.11. The number of nitrogens with zero attached hydrogens (tertiary/aromatic N) is 4. The number of aryl methyl sites for hydroxylation is 1. The average Bonchev–Trinajstić information content (AvgIpc) is 2.86. The van der Waals surface area contributed by atoms with Crippen LogP contribution in [0.4, 0.5) is 13.2 Å². The molecule has 0 unspecified atom stereocenters. The number of alkyl halides is 3. The van der Waals surface area contributed by atoms with Crippen molar-refractivity contribution in [2.24, 2.45) is 0 Å². The molecule has 0 saturated heterocycles. The molecular weight excluding hydrogens is 313 g/mol. The third-order valence-electron chi connectivity index (χ3n) is 2.60. The van der Waals surface area contributed by atoms with E-state index in [0.717, 1.165) is 16.9 Å². The van der Waals surface area contributed by atoms with Crippen molar-refractivity contribution in [3.05, 3.63) is 34.6 Å². The van der Waals surface area contributed by atoms with Crippen LogP contribution in [0.25, 0.3) is 15.5 Å². The molecule has 0 aliphatic carbocycles. The van der Waals surface area contributed by atoms with E-state index in [-0.39, 0.29) is 4.96 Å². The third kappa shape index (κ3) is 2.14. The van der Waals surface area contributed by atoms with Crippen LogP contribution in [-0.2, 0) is 6.18 Å². The predicted octanol–water partition coefficient (Wildman–Crippen LogP) is 3.83. The fourth-order valence-corrected chi connectivity index (χ4v) is 2.96. The van der Waals surface area contributed by atoms with Gasteiger partial charge in [-0.3, -0.25) is 0 Å². The van der Waals surface area contributed by atoms with Gasteiger partial charge in [0.15, 0.2) is 0 Å². The number of hydrogen-bond acceptors (Lipinski definition) is 4. The molecule has 20 heavy (non-hydrogen) atoms. The normalized spacial score (nSPS) is 12.2. The molecule has 4 nitrogen and oxygen atoms in total. The highest BCUT2D eigenvalue weighted by Crippen LogP contribution is 2.34. The van der Waals surface area contributed by atoms with Crippen LogP contribution in [0.2, 0.25) is 5.02 Å². The van der Waals surface area contributed by atoms with Gasteiger partial charge in [-0.15, -0.1) is 10.2 Å². The van der Waals surface area contributed by atoms with E-state index in [1.807, 2.05) is 13.0 Å². The summed E-state index contributed by atoms with van der Waals surface area (Å²) in [6.45, 7) is 1.87. The summed E-state index contributed by atoms with van der Waals surface area (Å²) in [7, 11) is 0. The second kappa shape index (κ2) is 4.42. The van der Waals surface area contributed by atoms with Gasteiger partial charge in [0.25, 0.3) is 5.82 Å². The molecular formula is C11H6ClF3N4S. The van der Waals surface area contributed by atoms with Gasteiger partial charge in [-0.2, -0.15) is 22.8 Å². The van der Waals surface area contributed by atoms with E-state index in [2.05, 4.69) is 15.3 Å². The number of aromatic nitrogens is 4. The molecule has 3 rings (SSSR count). The molecule has 0 N–H and O–H groups in total. The van der Waals surface area contributed by atoms with Gasteiger partial charge in [0.05, 0.1) is 5.02 Å². The van der Waals surface area contributed by atoms with E-state index in [0.29, 0.717) is 20.1 Å². The number of benzene rings is 1. The highest BCUT2D eigenvalue weighted by atomic mass is 35.5. The molecule has 0 aliphatic heterocycles. The van der Waals surface area contributed by atoms with Crippen LogP contribution in [0.1, 0.15) is 11.4 Å². The standard InChI is InChI=1S/C11H6ClF3N4S/c1-5-2-3-6(7(12)4-5)8-18-19-9(11(13,14)15)16-17-10(19)20-8/h2-4H,1H3. The van der Waals surface area contributed by atoms with Crippen LogP contribution in [-0.4, -0.2) is 19.8 Å². The van der Waals surface area contributed by atoms with Gasteiger partial charge in [-0.1, -0.05) is 35.1 Å². The fourth-order valence-electron chi connectivity index (χ4n) is 1.70. The smallest absolute Gasteiger partial charge is 0.178 e. The van der Waals surface area contributed by atoms with Crippen molar-refractivity contribution in [1.29, 1.82) is 0 Å². The Morgan fingerprint density at radius 3 is 2.65 bits per heavy atom. The first-order valence-electron chi connectivity index (χ1n) is 5.42. The number of rotatable bonds is 1. The number of halogens is 4. The Labute approximate surface area is 119 Å². The first kappa shape index (κ1) is 13.3. The molecule has 0 aliphatic rings. The molecule has 0 saturated carbocycles. The summed E-state index contributed by atoms with van der Waals surface area (Å²) in [5.74, 6) is -1.14. The van der Waals surface area contributed by atoms with Gasteiger partial charge in [0, 0.05) is 5.56 Å². The lowest BCUT2D eigenvalue weighted by atomic mass is 10.2. The van der Waals surface area contributed by atoms with E-state index in [1.54, 1.807) is 12.1 Å². The van der Waals surface area contributed by atoms with Crippen molar-refractivity contribution in [2.75, 3.05) is 0 Å². The quantitative estimate of drug-likeness (QED) is 0.685. The number of fused-ring (bicyclic) bond motifs is 1. The van der Waals surface area contributed by atoms with Gasteiger partial charge >= 0.3 is 6.18 Å². The van der Waals surface area contributed by atoms with Gasteiger partial charge in [0.1, 0.15) is 5.01 Å². The van der Waals surface area contributed by atoms with Crippen LogP contribution in [0.5, 0.6) is 0 Å². The SMILES string of the molecule is Cc1ccc(-c2nn3c(C(F)(F)F)nnc3s2)c(Cl)c1. The van der Waals surface area contributed by atoms with Gasteiger partial charge in [-0.25, -0.2) is 0 Å². The summed E-state index contributed by atoms with van der Waals surface area (Å²) in [5, 5.41) is 11.3. The van der Waals surface area contributed by atoms with Crippen molar-refractivity contribution in [3.63, 3.8) is 0 Å². The van der Waals surface area contributed by atoms with Gasteiger partial charge in [0.2, 0.25) is 4.96 Å². The minimum atomic E-state index is -4.60. The zero-order chi connectivity index (χ0) is 14.5. The first-order chi connectivity index (χ1) is 9.36. The van der Waals surface area contributed by atoms with E-state index in [9.17, 15) is 13.2 Å². The van der Waals surface area contributed by atoms with Crippen molar-refractivity contribution < 1.29 is 13.2 Å². The molecule has 2 aromatic heterocycles. The molecule has 2 heterocycles. The van der Waals surface area contributed by atoms with Crippen LogP contribution < -0.4 is 0 Å². The summed E-state index contributed by atoms with van der Waals surface area (Å²) in [6, 6.07) is 5.26. The van der Waals surface area contributed by atoms with E-state index in [1.165, 1.54) is 0 Å². The molecule has 0 radical (unpaired) electrons. The van der Waals surface area contributed by atoms with E-state index < -0.39 is 12.0 Å². The Morgan fingerprint density at radius 2 is 2.00 bits per heavy atom. The Hall–Kier alpha value is -1.67. The topological polar surface area (TPSA) is 43.1 Å². The number of hydrogen-bond donors (Lipinski definition) is 0. The van der Waals surface area contributed by atoms with Gasteiger partial charge in [-0.05, 0) is 18.6 Å². The predicted molar refractivity (Wildman–Crippen MR) is 68.8 cm³/mol. The van der Waals surface area contributed by atoms with Crippen LogP contribution in [0.3, 0.4) is 0 Å². The van der Waals surface area contributed by atoms with Crippen molar-refractivity contribution in [1.82, 2.24) is 19.8 Å². The maximum absolute atomic E-state index is 12.7. The van der Waals surface area contributed by atoms with Crippen molar-refractivity contribution in [2.45, 2.75) is 13.1 Å². The average molecular weight is 319 g/mol. The summed E-state index contributed by atoms with van der Waals surface area (Å²) in [6.07, 6.45) is -4.60. The maximum Gasteiger partial charge on any atom is 0.453 e. The molecule has 9 heteroatoms. The monoisotopic (exact) mass is 318 g/mol. The van der Waals surface area contributed by atoms with Crippen molar-refractivity contribution in [3.8, 4) is 10.6 Å². The summed E-state index contributed by atoms with van der Waals surface area (Å²) in [5.41, 5.74) is 1.53. The van der Waals surface area contributed by atoms with E-state index >= 15 is 0 Å². The minimum Gasteiger partial charge on any atom is -0.178 e. The maximum atomic E-state index is 12.7. The third-order valence-corrected chi connectivity index (χ3v) is 3.84. The molecule has 3 aromatic rings. The molecule has 104 valence electrons. The molecule has 0 bridgehead atoms. The molecule has 0 atom stereocenters. The zero-order valence-corrected chi connectivity index (χ0v) is 11.5. The second-order valence-electron chi connectivity index (χ2n) is 4.11. The zero-order valence-electron chi connectivity index (χ0n) is 9.94. The van der Waals surface area contributed by atoms with Crippen LogP contribution in [0, 0.1) is 6.92 Å². The Bertz CT molecular complexity index is 793. The lowest BCUT2D eigenvalue weighted by Gasteiger charge is -2.02. The van der Waals surface area contributed by atoms with E-state index in [4.69, 9.17) is 11.6 Å². The Morgan fingerprint density at radius 1 is 1.25 bits per heavy atom. The summed E-state index contributed by atoms with van der Waals surface area (Å²) < 4.78 is 38.8. The minimum absolute atomic E-state index is 0.0731. The first-order valence-corrected chi connectivity index (χ1v) is 6.61. The highest BCUT2D eigenvalue weighted by Gasteiger charge is 2.38. The van der Waals surface area contributed by atoms with Gasteiger partial charge < -0.3 is 0 Å². The van der Waals surface area contributed by atoms with Crippen LogP contribution >= 0.6 is 22.9 Å². The largest absolute Gasteiger partial charge is 0.453 e. The summed E-state index contributed by atoms with van der Waals surface area (Å²) >= 11 is 7.09. The fraction of sp³-hybridized carbons (Fsp3) is 0.182. The molecule has 0 amide bonds. The lowest BCUT2D eigenvalue weighted by molar-refractivity contribution is -0.146. The Balaban J connectivity index is 2.16. The molecule has 1 aromatic carbocycles. The van der Waals surface area contributed by atoms with Crippen molar-refractivity contribution >= 4 is 27.9 Å². The second-order valence-corrected chi connectivity index (χ2v) is 5.47. The molecule has 0 fully saturated rings.